The molecule has 0 heterocycles. The Morgan fingerprint density at radius 1 is 0.288 bits per heavy atom. The summed E-state index contributed by atoms with van der Waals surface area (Å²) < 4.78 is 16.9. The number of carbonyl (C=O) groups excluding carboxylic acids is 3. The number of ether oxygens (including phenoxy) is 3. The van der Waals surface area contributed by atoms with E-state index in [1.165, 1.54) is 154 Å². The van der Waals surface area contributed by atoms with Crippen molar-refractivity contribution in [2.24, 2.45) is 0 Å². The molecule has 0 aliphatic heterocycles. The summed E-state index contributed by atoms with van der Waals surface area (Å²) in [7, 11) is 0. The molecular weight excluding hydrogens is 901 g/mol. The van der Waals surface area contributed by atoms with Gasteiger partial charge in [0.2, 0.25) is 0 Å². The van der Waals surface area contributed by atoms with Crippen LogP contribution in [0.1, 0.15) is 303 Å². The molecule has 0 unspecified atom stereocenters. The molecule has 0 saturated carbocycles. The largest absolute Gasteiger partial charge is 0.462 e. The molecule has 0 aromatic carbocycles. The average Bonchev–Trinajstić information content (AvgIpc) is 3.39. The Kier molecular flexibility index (Phi) is 58.3. The predicted octanol–water partition coefficient (Wildman–Crippen LogP) is 21.1. The van der Waals surface area contributed by atoms with Crippen molar-refractivity contribution in [3.05, 3.63) is 85.1 Å². The lowest BCUT2D eigenvalue weighted by Crippen LogP contribution is -2.30. The minimum Gasteiger partial charge on any atom is -0.462 e. The average molecular weight is 1020 g/mol. The zero-order valence-electron chi connectivity index (χ0n) is 48.1. The highest BCUT2D eigenvalue weighted by molar-refractivity contribution is 5.71. The number of carbonyl (C=O) groups is 3. The van der Waals surface area contributed by atoms with Crippen LogP contribution >= 0.6 is 0 Å². The van der Waals surface area contributed by atoms with E-state index in [9.17, 15) is 14.4 Å². The Balaban J connectivity index is 4.43. The zero-order valence-corrected chi connectivity index (χ0v) is 48.1. The van der Waals surface area contributed by atoms with Gasteiger partial charge in [0.1, 0.15) is 13.2 Å². The summed E-state index contributed by atoms with van der Waals surface area (Å²) in [5.41, 5.74) is 0. The van der Waals surface area contributed by atoms with Gasteiger partial charge < -0.3 is 14.2 Å². The van der Waals surface area contributed by atoms with Gasteiger partial charge in [0.25, 0.3) is 0 Å². The Labute approximate surface area is 452 Å². The lowest BCUT2D eigenvalue weighted by molar-refractivity contribution is -0.167. The van der Waals surface area contributed by atoms with Crippen LogP contribution in [0.2, 0.25) is 0 Å². The second-order valence-corrected chi connectivity index (χ2v) is 20.6. The number of hydrogen-bond donors (Lipinski definition) is 0. The first-order chi connectivity index (χ1) is 36.0. The molecule has 6 heteroatoms. The molecule has 0 spiro atoms. The first-order valence-electron chi connectivity index (χ1n) is 31.1. The molecule has 0 N–H and O–H groups in total. The highest BCUT2D eigenvalue weighted by atomic mass is 16.6. The lowest BCUT2D eigenvalue weighted by Gasteiger charge is -2.18. The predicted molar refractivity (Wildman–Crippen MR) is 316 cm³/mol. The van der Waals surface area contributed by atoms with Crippen molar-refractivity contribution in [1.82, 2.24) is 0 Å². The number of hydrogen-bond acceptors (Lipinski definition) is 6. The van der Waals surface area contributed by atoms with E-state index in [4.69, 9.17) is 14.2 Å². The monoisotopic (exact) mass is 1020 g/mol. The molecule has 0 radical (unpaired) electrons. The van der Waals surface area contributed by atoms with Gasteiger partial charge in [-0.2, -0.15) is 0 Å². The van der Waals surface area contributed by atoms with Gasteiger partial charge in [0.05, 0.1) is 0 Å². The topological polar surface area (TPSA) is 78.9 Å². The van der Waals surface area contributed by atoms with Crippen LogP contribution in [0.3, 0.4) is 0 Å². The minimum atomic E-state index is -0.798. The first-order valence-corrected chi connectivity index (χ1v) is 31.1. The number of unbranched alkanes of at least 4 members (excludes halogenated alkanes) is 31. The smallest absolute Gasteiger partial charge is 0.306 e. The third kappa shape index (κ3) is 59.3. The van der Waals surface area contributed by atoms with Crippen LogP contribution < -0.4 is 0 Å². The summed E-state index contributed by atoms with van der Waals surface area (Å²) in [4.78, 5) is 38.3. The molecule has 0 aromatic heterocycles. The van der Waals surface area contributed by atoms with Gasteiger partial charge in [-0.3, -0.25) is 14.4 Å². The summed E-state index contributed by atoms with van der Waals surface area (Å²) in [6.07, 6.45) is 80.1. The fourth-order valence-corrected chi connectivity index (χ4v) is 8.74. The molecule has 0 rings (SSSR count). The van der Waals surface area contributed by atoms with Crippen molar-refractivity contribution in [3.8, 4) is 0 Å². The molecule has 1 atom stereocenters. The van der Waals surface area contributed by atoms with Crippen molar-refractivity contribution < 1.29 is 28.6 Å². The van der Waals surface area contributed by atoms with Crippen LogP contribution in [0.5, 0.6) is 0 Å². The second kappa shape index (κ2) is 61.1. The van der Waals surface area contributed by atoms with Crippen LogP contribution in [-0.4, -0.2) is 37.2 Å². The molecule has 0 aromatic rings. The van der Waals surface area contributed by atoms with Gasteiger partial charge >= 0.3 is 17.9 Å². The third-order valence-electron chi connectivity index (χ3n) is 13.4. The SMILES string of the molecule is CC/C=C\C/C=C\C/C=C\C/C=C\C/C=C\CCCCCC(=O)O[C@H](COC(=O)CCCCCCCCC/C=C\C/C=C\CCCCC)COC(=O)CCCCCCCCCCCCCCCCCCCCC. The molecule has 0 fully saturated rings. The van der Waals surface area contributed by atoms with Crippen LogP contribution in [0.15, 0.2) is 85.1 Å². The maximum atomic E-state index is 12.9. The Bertz CT molecular complexity index is 1400. The van der Waals surface area contributed by atoms with Gasteiger partial charge in [0.15, 0.2) is 6.10 Å². The van der Waals surface area contributed by atoms with Crippen molar-refractivity contribution in [3.63, 3.8) is 0 Å². The summed E-state index contributed by atoms with van der Waals surface area (Å²) in [5, 5.41) is 0. The summed E-state index contributed by atoms with van der Waals surface area (Å²) >= 11 is 0. The maximum absolute atomic E-state index is 12.9. The molecule has 73 heavy (non-hydrogen) atoms. The van der Waals surface area contributed by atoms with Gasteiger partial charge in [-0.15, -0.1) is 0 Å². The molecule has 0 aliphatic rings. The van der Waals surface area contributed by atoms with Crippen molar-refractivity contribution in [2.45, 2.75) is 309 Å². The standard InChI is InChI=1S/C67H116O6/c1-4-7-10-13-16-19-22-25-28-31-33-36-39-42-45-48-51-54-57-60-66(69)72-63-64(62-71-65(68)59-56-53-50-47-44-41-38-35-30-27-24-21-18-15-12-9-6-3)73-67(70)61-58-55-52-49-46-43-40-37-34-32-29-26-23-20-17-14-11-8-5-2/h8,11,17-18,20-21,26-27,29-30,34,37,43,46,64H,4-7,9-10,12-16,19,22-25,28,31-33,35-36,38-42,44-45,47-63H2,1-3H3/b11-8-,20-17-,21-18-,29-26-,30-27-,37-34-,46-43-/t64-/m1/s1. The van der Waals surface area contributed by atoms with Crippen LogP contribution in [-0.2, 0) is 28.6 Å². The number of esters is 3. The molecule has 420 valence electrons. The Morgan fingerprint density at radius 3 is 0.877 bits per heavy atom. The molecular formula is C67H116O6. The van der Waals surface area contributed by atoms with E-state index in [1.54, 1.807) is 0 Å². The first kappa shape index (κ1) is 69.6. The quantitative estimate of drug-likeness (QED) is 0.0261. The van der Waals surface area contributed by atoms with Crippen molar-refractivity contribution in [2.75, 3.05) is 13.2 Å². The lowest BCUT2D eigenvalue weighted by atomic mass is 10.0. The fraction of sp³-hybridized carbons (Fsp3) is 0.746. The van der Waals surface area contributed by atoms with E-state index in [-0.39, 0.29) is 37.5 Å². The van der Waals surface area contributed by atoms with E-state index in [0.717, 1.165) is 109 Å². The van der Waals surface area contributed by atoms with E-state index < -0.39 is 6.10 Å². The van der Waals surface area contributed by atoms with Crippen molar-refractivity contribution in [1.29, 1.82) is 0 Å². The Morgan fingerprint density at radius 2 is 0.534 bits per heavy atom. The molecule has 0 amide bonds. The number of rotatable bonds is 56. The van der Waals surface area contributed by atoms with E-state index in [1.807, 2.05) is 0 Å². The normalized spacial score (nSPS) is 12.6. The van der Waals surface area contributed by atoms with E-state index in [0.29, 0.717) is 12.8 Å². The van der Waals surface area contributed by atoms with Crippen molar-refractivity contribution >= 4 is 17.9 Å². The zero-order chi connectivity index (χ0) is 52.9. The summed E-state index contributed by atoms with van der Waals surface area (Å²) in [5.74, 6) is -0.919. The molecule has 0 bridgehead atoms. The summed E-state index contributed by atoms with van der Waals surface area (Å²) in [6, 6.07) is 0. The van der Waals surface area contributed by atoms with E-state index in [2.05, 4.69) is 106 Å². The minimum absolute atomic E-state index is 0.0903. The number of allylic oxidation sites excluding steroid dienone is 14. The van der Waals surface area contributed by atoms with E-state index >= 15 is 0 Å². The van der Waals surface area contributed by atoms with Gasteiger partial charge in [-0.25, -0.2) is 0 Å². The molecule has 6 nitrogen and oxygen atoms in total. The maximum Gasteiger partial charge on any atom is 0.306 e. The molecule has 0 saturated heterocycles. The van der Waals surface area contributed by atoms with Gasteiger partial charge in [-0.1, -0.05) is 273 Å². The second-order valence-electron chi connectivity index (χ2n) is 20.6. The van der Waals surface area contributed by atoms with Crippen LogP contribution in [0.4, 0.5) is 0 Å². The van der Waals surface area contributed by atoms with Gasteiger partial charge in [-0.05, 0) is 96.3 Å². The van der Waals surface area contributed by atoms with Crippen LogP contribution in [0, 0.1) is 0 Å². The summed E-state index contributed by atoms with van der Waals surface area (Å²) in [6.45, 7) is 6.50. The fourth-order valence-electron chi connectivity index (χ4n) is 8.74. The highest BCUT2D eigenvalue weighted by Crippen LogP contribution is 2.16. The van der Waals surface area contributed by atoms with Crippen LogP contribution in [0.25, 0.3) is 0 Å². The Hall–Kier alpha value is -3.41. The van der Waals surface area contributed by atoms with Gasteiger partial charge in [0, 0.05) is 19.3 Å². The highest BCUT2D eigenvalue weighted by Gasteiger charge is 2.19. The third-order valence-corrected chi connectivity index (χ3v) is 13.4. The molecule has 0 aliphatic carbocycles.